The predicted molar refractivity (Wildman–Crippen MR) is 77.9 cm³/mol. The van der Waals surface area contributed by atoms with Gasteiger partial charge in [0.25, 0.3) is 9.05 Å². The lowest BCUT2D eigenvalue weighted by Gasteiger charge is -2.07. The molecular weight excluding hydrogens is 282 g/mol. The maximum atomic E-state index is 11.2. The van der Waals surface area contributed by atoms with Crippen molar-refractivity contribution in [1.82, 2.24) is 4.98 Å². The van der Waals surface area contributed by atoms with Crippen molar-refractivity contribution in [1.29, 1.82) is 0 Å². The van der Waals surface area contributed by atoms with Crippen LogP contribution in [0.1, 0.15) is 16.7 Å². The SMILES string of the molecule is Cc1cc(C)c(S(=O)(=O)Cl)c(C)c1.c1ccncc1. The fraction of sp³-hybridized carbons (Fsp3) is 0.214. The van der Waals surface area contributed by atoms with Gasteiger partial charge in [-0.05, 0) is 44.0 Å². The zero-order valence-corrected chi connectivity index (χ0v) is 12.7. The van der Waals surface area contributed by atoms with E-state index >= 15 is 0 Å². The van der Waals surface area contributed by atoms with E-state index in [-0.39, 0.29) is 4.90 Å². The van der Waals surface area contributed by atoms with Crippen LogP contribution in [0, 0.1) is 20.8 Å². The van der Waals surface area contributed by atoms with E-state index in [1.54, 1.807) is 26.2 Å². The van der Waals surface area contributed by atoms with Crippen molar-refractivity contribution >= 4 is 19.7 Å². The third-order valence-corrected chi connectivity index (χ3v) is 4.01. The number of benzene rings is 1. The Hall–Kier alpha value is -1.39. The Morgan fingerprint density at radius 1 is 0.947 bits per heavy atom. The quantitative estimate of drug-likeness (QED) is 0.755. The van der Waals surface area contributed by atoms with Crippen LogP contribution < -0.4 is 0 Å². The van der Waals surface area contributed by atoms with Crippen LogP contribution in [-0.2, 0) is 9.05 Å². The van der Waals surface area contributed by atoms with Gasteiger partial charge in [0.1, 0.15) is 0 Å². The Kier molecular flexibility index (Phi) is 5.51. The van der Waals surface area contributed by atoms with E-state index in [4.69, 9.17) is 10.7 Å². The number of pyridine rings is 1. The molecule has 0 saturated heterocycles. The average Bonchev–Trinajstić information content (AvgIpc) is 2.28. The van der Waals surface area contributed by atoms with Crippen LogP contribution in [0.5, 0.6) is 0 Å². The molecule has 3 nitrogen and oxygen atoms in total. The van der Waals surface area contributed by atoms with E-state index in [1.165, 1.54) is 0 Å². The largest absolute Gasteiger partial charge is 0.265 e. The Labute approximate surface area is 118 Å². The van der Waals surface area contributed by atoms with Gasteiger partial charge in [-0.1, -0.05) is 23.8 Å². The first-order valence-corrected chi connectivity index (χ1v) is 8.01. The Balaban J connectivity index is 0.000000250. The highest BCUT2D eigenvalue weighted by atomic mass is 35.7. The van der Waals surface area contributed by atoms with Gasteiger partial charge >= 0.3 is 0 Å². The molecule has 1 aromatic carbocycles. The molecule has 0 atom stereocenters. The molecule has 5 heteroatoms. The molecule has 102 valence electrons. The molecule has 0 aliphatic rings. The number of nitrogens with zero attached hydrogens (tertiary/aromatic N) is 1. The minimum atomic E-state index is -3.61. The van der Waals surface area contributed by atoms with Gasteiger partial charge in [0.05, 0.1) is 4.90 Å². The average molecular weight is 298 g/mol. The maximum absolute atomic E-state index is 11.2. The van der Waals surface area contributed by atoms with E-state index in [1.807, 2.05) is 37.3 Å². The molecule has 0 spiro atoms. The standard InChI is InChI=1S/C9H11ClO2S.C5H5N/c1-6-4-7(2)9(8(3)5-6)13(10,11)12;1-2-4-6-5-3-1/h4-5H,1-3H3;1-5H. The topological polar surface area (TPSA) is 47.0 Å². The molecule has 0 bridgehead atoms. The number of hydrogen-bond acceptors (Lipinski definition) is 3. The van der Waals surface area contributed by atoms with Crippen LogP contribution in [0.15, 0.2) is 47.6 Å². The fourth-order valence-electron chi connectivity index (χ4n) is 1.86. The van der Waals surface area contributed by atoms with Crippen LogP contribution in [0.4, 0.5) is 0 Å². The third-order valence-electron chi connectivity index (χ3n) is 2.41. The summed E-state index contributed by atoms with van der Waals surface area (Å²) in [4.78, 5) is 4.02. The van der Waals surface area contributed by atoms with Gasteiger partial charge in [0.2, 0.25) is 0 Å². The van der Waals surface area contributed by atoms with Crippen molar-refractivity contribution in [3.8, 4) is 0 Å². The minimum absolute atomic E-state index is 0.236. The van der Waals surface area contributed by atoms with Crippen molar-refractivity contribution < 1.29 is 8.42 Å². The number of halogens is 1. The van der Waals surface area contributed by atoms with E-state index in [2.05, 4.69) is 4.98 Å². The van der Waals surface area contributed by atoms with E-state index in [0.717, 1.165) is 5.56 Å². The van der Waals surface area contributed by atoms with E-state index in [0.29, 0.717) is 11.1 Å². The number of rotatable bonds is 1. The van der Waals surface area contributed by atoms with Crippen LogP contribution >= 0.6 is 10.7 Å². The zero-order chi connectivity index (χ0) is 14.5. The Bertz CT molecular complexity index is 590. The first-order chi connectivity index (χ1) is 8.82. The lowest BCUT2D eigenvalue weighted by molar-refractivity contribution is 0.608. The summed E-state index contributed by atoms with van der Waals surface area (Å²) in [5, 5.41) is 0. The van der Waals surface area contributed by atoms with Gasteiger partial charge < -0.3 is 0 Å². The van der Waals surface area contributed by atoms with Crippen LogP contribution in [0.25, 0.3) is 0 Å². The van der Waals surface area contributed by atoms with Gasteiger partial charge in [-0.2, -0.15) is 0 Å². The predicted octanol–water partition coefficient (Wildman–Crippen LogP) is 3.62. The molecule has 0 amide bonds. The molecule has 0 fully saturated rings. The summed E-state index contributed by atoms with van der Waals surface area (Å²) >= 11 is 0. The second-order valence-electron chi connectivity index (χ2n) is 4.19. The summed E-state index contributed by atoms with van der Waals surface area (Å²) in [6.45, 7) is 5.41. The summed E-state index contributed by atoms with van der Waals surface area (Å²) in [6, 6.07) is 9.33. The fourth-order valence-corrected chi connectivity index (χ4v) is 3.48. The molecule has 2 rings (SSSR count). The summed E-state index contributed by atoms with van der Waals surface area (Å²) < 4.78 is 22.3. The molecule has 0 aliphatic carbocycles. The second-order valence-corrected chi connectivity index (χ2v) is 6.69. The molecule has 1 aromatic heterocycles. The van der Waals surface area contributed by atoms with Crippen LogP contribution in [0.2, 0.25) is 0 Å². The molecule has 0 N–H and O–H groups in total. The number of aromatic nitrogens is 1. The van der Waals surface area contributed by atoms with Gasteiger partial charge in [0, 0.05) is 23.1 Å². The van der Waals surface area contributed by atoms with Crippen molar-refractivity contribution in [2.75, 3.05) is 0 Å². The lowest BCUT2D eigenvalue weighted by atomic mass is 10.1. The Morgan fingerprint density at radius 2 is 1.42 bits per heavy atom. The summed E-state index contributed by atoms with van der Waals surface area (Å²) in [6.07, 6.45) is 3.50. The molecule has 19 heavy (non-hydrogen) atoms. The highest BCUT2D eigenvalue weighted by Crippen LogP contribution is 2.24. The highest BCUT2D eigenvalue weighted by molar-refractivity contribution is 8.13. The first-order valence-electron chi connectivity index (χ1n) is 5.70. The third kappa shape index (κ3) is 5.01. The summed E-state index contributed by atoms with van der Waals surface area (Å²) in [5.41, 5.74) is 2.44. The molecular formula is C14H16ClNO2S. The maximum Gasteiger partial charge on any atom is 0.261 e. The molecule has 2 aromatic rings. The van der Waals surface area contributed by atoms with Crippen LogP contribution in [0.3, 0.4) is 0 Å². The molecule has 0 radical (unpaired) electrons. The smallest absolute Gasteiger partial charge is 0.261 e. The van der Waals surface area contributed by atoms with Gasteiger partial charge in [-0.25, -0.2) is 8.42 Å². The minimum Gasteiger partial charge on any atom is -0.265 e. The van der Waals surface area contributed by atoms with Crippen molar-refractivity contribution in [2.45, 2.75) is 25.7 Å². The van der Waals surface area contributed by atoms with Crippen LogP contribution in [-0.4, -0.2) is 13.4 Å². The van der Waals surface area contributed by atoms with E-state index < -0.39 is 9.05 Å². The molecule has 1 heterocycles. The Morgan fingerprint density at radius 3 is 1.68 bits per heavy atom. The van der Waals surface area contributed by atoms with Gasteiger partial charge in [0.15, 0.2) is 0 Å². The van der Waals surface area contributed by atoms with E-state index in [9.17, 15) is 8.42 Å². The molecule has 0 saturated carbocycles. The van der Waals surface area contributed by atoms with Crippen molar-refractivity contribution in [2.24, 2.45) is 0 Å². The zero-order valence-electron chi connectivity index (χ0n) is 11.1. The normalized spacial score (nSPS) is 10.5. The molecule has 0 aliphatic heterocycles. The second kappa shape index (κ2) is 6.68. The van der Waals surface area contributed by atoms with Gasteiger partial charge in [-0.3, -0.25) is 4.98 Å². The molecule has 0 unspecified atom stereocenters. The van der Waals surface area contributed by atoms with Gasteiger partial charge in [-0.15, -0.1) is 0 Å². The first kappa shape index (κ1) is 15.7. The number of hydrogen-bond donors (Lipinski definition) is 0. The van der Waals surface area contributed by atoms with Crippen molar-refractivity contribution in [3.05, 3.63) is 59.4 Å². The highest BCUT2D eigenvalue weighted by Gasteiger charge is 2.16. The number of aryl methyl sites for hydroxylation is 3. The summed E-state index contributed by atoms with van der Waals surface area (Å²) in [5.74, 6) is 0. The lowest BCUT2D eigenvalue weighted by Crippen LogP contribution is -1.98. The summed E-state index contributed by atoms with van der Waals surface area (Å²) in [7, 11) is 1.68. The monoisotopic (exact) mass is 297 g/mol. The van der Waals surface area contributed by atoms with Crippen molar-refractivity contribution in [3.63, 3.8) is 0 Å².